The lowest BCUT2D eigenvalue weighted by atomic mass is 10.1. The van der Waals surface area contributed by atoms with Crippen molar-refractivity contribution in [1.29, 1.82) is 0 Å². The van der Waals surface area contributed by atoms with Crippen molar-refractivity contribution in [1.82, 2.24) is 39.2 Å². The van der Waals surface area contributed by atoms with Crippen molar-refractivity contribution in [3.8, 4) is 23.0 Å². The van der Waals surface area contributed by atoms with Crippen molar-refractivity contribution < 1.29 is 18.6 Å². The van der Waals surface area contributed by atoms with Crippen LogP contribution >= 0.6 is 22.6 Å². The van der Waals surface area contributed by atoms with E-state index in [1.165, 1.54) is 0 Å². The fourth-order valence-corrected chi connectivity index (χ4v) is 8.94. The minimum Gasteiger partial charge on any atom is -0.476 e. The SMILES string of the molecule is C=Cc1nn(C2CCCCO2)c2cnc(-c3c(C)nn(C)c3OC(C)[C@H]3CCCN3Cc3c(I)c(OCC)nn3CCO[Si](C)(C)C(C)(C)C)cc12. The molecule has 6 rings (SSSR count). The zero-order valence-corrected chi connectivity index (χ0v) is 35.7. The largest absolute Gasteiger partial charge is 0.476 e. The normalized spacial score (nSPS) is 19.4. The van der Waals surface area contributed by atoms with Crippen LogP contribution in [-0.4, -0.2) is 86.1 Å². The van der Waals surface area contributed by atoms with E-state index in [9.17, 15) is 0 Å². The molecular weight excluding hydrogens is 787 g/mol. The number of rotatable bonds is 14. The summed E-state index contributed by atoms with van der Waals surface area (Å²) in [4.78, 5) is 7.49. The Hall–Kier alpha value is -2.79. The van der Waals surface area contributed by atoms with Crippen LogP contribution in [0.4, 0.5) is 0 Å². The maximum Gasteiger partial charge on any atom is 0.246 e. The van der Waals surface area contributed by atoms with E-state index in [4.69, 9.17) is 38.9 Å². The zero-order valence-electron chi connectivity index (χ0n) is 32.5. The van der Waals surface area contributed by atoms with Crippen molar-refractivity contribution in [3.63, 3.8) is 0 Å². The lowest BCUT2D eigenvalue weighted by Gasteiger charge is -2.36. The monoisotopic (exact) mass is 844 g/mol. The minimum atomic E-state index is -1.88. The molecule has 0 spiro atoms. The number of likely N-dealkylation sites (tertiary alicyclic amines) is 1. The van der Waals surface area contributed by atoms with E-state index in [2.05, 4.69) is 85.6 Å². The molecule has 0 N–H and O–H groups in total. The van der Waals surface area contributed by atoms with Crippen LogP contribution in [0, 0.1) is 10.5 Å². The molecular formula is C38H57IN8O4Si. The lowest BCUT2D eigenvalue weighted by Crippen LogP contribution is -2.42. The number of nitrogens with zero attached hydrogens (tertiary/aromatic N) is 8. The highest BCUT2D eigenvalue weighted by Gasteiger charge is 2.38. The van der Waals surface area contributed by atoms with Crippen molar-refractivity contribution in [2.45, 2.75) is 123 Å². The predicted molar refractivity (Wildman–Crippen MR) is 216 cm³/mol. The quantitative estimate of drug-likeness (QED) is 0.0919. The Bertz CT molecular complexity index is 1870. The van der Waals surface area contributed by atoms with Crippen LogP contribution in [0.1, 0.15) is 90.0 Å². The fraction of sp³-hybridized carbons (Fsp3) is 0.632. The fourth-order valence-electron chi connectivity index (χ4n) is 7.20. The van der Waals surface area contributed by atoms with E-state index in [0.29, 0.717) is 31.5 Å². The summed E-state index contributed by atoms with van der Waals surface area (Å²) in [6, 6.07) is 2.30. The highest BCUT2D eigenvalue weighted by molar-refractivity contribution is 14.1. The molecule has 0 bridgehead atoms. The molecule has 0 radical (unpaired) electrons. The number of hydrogen-bond donors (Lipinski definition) is 0. The van der Waals surface area contributed by atoms with Gasteiger partial charge in [0.05, 0.1) is 63.4 Å². The minimum absolute atomic E-state index is 0.0879. The van der Waals surface area contributed by atoms with Gasteiger partial charge in [0.25, 0.3) is 0 Å². The summed E-state index contributed by atoms with van der Waals surface area (Å²) >= 11 is 2.40. The van der Waals surface area contributed by atoms with Crippen LogP contribution in [0.25, 0.3) is 28.2 Å². The molecule has 52 heavy (non-hydrogen) atoms. The van der Waals surface area contributed by atoms with Gasteiger partial charge < -0.3 is 18.6 Å². The molecule has 14 heteroatoms. The van der Waals surface area contributed by atoms with Crippen LogP contribution in [0.15, 0.2) is 18.8 Å². The third-order valence-electron chi connectivity index (χ3n) is 11.1. The van der Waals surface area contributed by atoms with Gasteiger partial charge in [-0.05, 0) is 112 Å². The molecule has 6 heterocycles. The average Bonchev–Trinajstić information content (AvgIpc) is 3.86. The standard InChI is InChI=1S/C38H57IN8O4Si/c1-11-28-27-22-29(40-23-31(27)47(42-28)33-17-13-14-20-49-33)34-25(3)41-44(8)37(34)51-26(4)30-16-15-18-45(30)24-32-35(39)36(48-12-2)43-46(32)19-21-50-52(9,10)38(5,6)7/h11,22-23,26,30,33H,1,12-21,24H2,2-10H3/t26?,30-,33?/m1/s1. The Balaban J connectivity index is 1.23. The van der Waals surface area contributed by atoms with Gasteiger partial charge in [0.15, 0.2) is 14.5 Å². The van der Waals surface area contributed by atoms with Gasteiger partial charge >= 0.3 is 0 Å². The predicted octanol–water partition coefficient (Wildman–Crippen LogP) is 8.14. The zero-order chi connectivity index (χ0) is 37.4. The van der Waals surface area contributed by atoms with Gasteiger partial charge in [-0.25, -0.2) is 9.36 Å². The molecule has 4 aromatic heterocycles. The number of pyridine rings is 1. The number of halogens is 1. The second kappa shape index (κ2) is 15.9. The molecule has 2 aliphatic rings. The van der Waals surface area contributed by atoms with Gasteiger partial charge in [-0.15, -0.1) is 5.10 Å². The first-order valence-corrected chi connectivity index (χ1v) is 22.8. The van der Waals surface area contributed by atoms with Gasteiger partial charge in [-0.1, -0.05) is 27.4 Å². The highest BCUT2D eigenvalue weighted by atomic mass is 127. The van der Waals surface area contributed by atoms with Crippen LogP contribution in [0.3, 0.4) is 0 Å². The second-order valence-electron chi connectivity index (χ2n) is 15.7. The van der Waals surface area contributed by atoms with Crippen molar-refractivity contribution in [2.75, 3.05) is 26.4 Å². The maximum atomic E-state index is 6.90. The van der Waals surface area contributed by atoms with E-state index < -0.39 is 8.32 Å². The van der Waals surface area contributed by atoms with Gasteiger partial charge in [0.2, 0.25) is 11.8 Å². The van der Waals surface area contributed by atoms with Crippen LogP contribution in [-0.2, 0) is 29.3 Å². The van der Waals surface area contributed by atoms with Crippen LogP contribution < -0.4 is 9.47 Å². The summed E-state index contributed by atoms with van der Waals surface area (Å²) in [5.74, 6) is 1.41. The molecule has 4 aromatic rings. The van der Waals surface area contributed by atoms with Gasteiger partial charge in [0, 0.05) is 31.6 Å². The first-order chi connectivity index (χ1) is 24.7. The number of aromatic nitrogens is 7. The third kappa shape index (κ3) is 7.86. The summed E-state index contributed by atoms with van der Waals surface area (Å²) in [5.41, 5.74) is 5.49. The molecule has 12 nitrogen and oxygen atoms in total. The number of ether oxygens (including phenoxy) is 3. The molecule has 0 amide bonds. The molecule has 2 fully saturated rings. The van der Waals surface area contributed by atoms with Crippen molar-refractivity contribution in [2.24, 2.45) is 7.05 Å². The van der Waals surface area contributed by atoms with Gasteiger partial charge in [-0.3, -0.25) is 14.6 Å². The van der Waals surface area contributed by atoms with E-state index in [0.717, 1.165) is 94.6 Å². The Kier molecular flexibility index (Phi) is 11.9. The third-order valence-corrected chi connectivity index (χ3v) is 16.7. The van der Waals surface area contributed by atoms with E-state index >= 15 is 0 Å². The van der Waals surface area contributed by atoms with Crippen LogP contribution in [0.2, 0.25) is 18.1 Å². The van der Waals surface area contributed by atoms with Crippen molar-refractivity contribution >= 4 is 47.9 Å². The molecule has 0 saturated carbocycles. The number of hydrogen-bond acceptors (Lipinski definition) is 9. The topological polar surface area (TPSA) is 107 Å². The smallest absolute Gasteiger partial charge is 0.246 e. The Morgan fingerprint density at radius 3 is 2.63 bits per heavy atom. The van der Waals surface area contributed by atoms with E-state index in [1.807, 2.05) is 42.5 Å². The summed E-state index contributed by atoms with van der Waals surface area (Å²) in [7, 11) is 0.0630. The summed E-state index contributed by atoms with van der Waals surface area (Å²) < 4.78 is 32.5. The first-order valence-electron chi connectivity index (χ1n) is 18.8. The molecule has 0 aliphatic carbocycles. The Morgan fingerprint density at radius 1 is 1.15 bits per heavy atom. The van der Waals surface area contributed by atoms with Gasteiger partial charge in [-0.2, -0.15) is 10.2 Å². The van der Waals surface area contributed by atoms with E-state index in [1.54, 1.807) is 0 Å². The number of fused-ring (bicyclic) bond motifs is 1. The Labute approximate surface area is 323 Å². The molecule has 284 valence electrons. The molecule has 0 aromatic carbocycles. The summed E-state index contributed by atoms with van der Waals surface area (Å²) in [6.07, 6.45) is 8.80. The molecule has 2 unspecified atom stereocenters. The second-order valence-corrected chi connectivity index (χ2v) is 21.6. The van der Waals surface area contributed by atoms with Gasteiger partial charge in [0.1, 0.15) is 6.10 Å². The highest BCUT2D eigenvalue weighted by Crippen LogP contribution is 2.38. The lowest BCUT2D eigenvalue weighted by molar-refractivity contribution is -0.0367. The first kappa shape index (κ1) is 38.9. The Morgan fingerprint density at radius 2 is 1.94 bits per heavy atom. The van der Waals surface area contributed by atoms with Crippen molar-refractivity contribution in [3.05, 3.63) is 39.5 Å². The van der Waals surface area contributed by atoms with Crippen LogP contribution in [0.5, 0.6) is 11.8 Å². The van der Waals surface area contributed by atoms with E-state index in [-0.39, 0.29) is 23.4 Å². The molecule has 2 saturated heterocycles. The average molecular weight is 845 g/mol. The number of aryl methyl sites for hydroxylation is 2. The maximum absolute atomic E-state index is 6.90. The molecule has 3 atom stereocenters. The summed E-state index contributed by atoms with van der Waals surface area (Å²) in [5, 5.41) is 15.7. The molecule has 2 aliphatic heterocycles. The summed E-state index contributed by atoms with van der Waals surface area (Å²) in [6.45, 7) is 26.0.